The first kappa shape index (κ1) is 14.7. The normalized spacial score (nSPS) is 11.2. The number of unbranched alkanes of at least 4 members (excludes halogenated alkanes) is 2. The van der Waals surface area contributed by atoms with Gasteiger partial charge >= 0.3 is 5.97 Å². The van der Waals surface area contributed by atoms with Gasteiger partial charge < -0.3 is 15.8 Å². The maximum Gasteiger partial charge on any atom is 0.305 e. The fourth-order valence-corrected chi connectivity index (χ4v) is 1.13. The number of ether oxygens (including phenoxy) is 1. The lowest BCUT2D eigenvalue weighted by Gasteiger charge is -2.04. The highest BCUT2D eigenvalue weighted by molar-refractivity contribution is 5.77. The molecule has 0 spiro atoms. The minimum absolute atomic E-state index is 0.168. The molecule has 5 heteroatoms. The van der Waals surface area contributed by atoms with Crippen LogP contribution >= 0.6 is 0 Å². The lowest BCUT2D eigenvalue weighted by molar-refractivity contribution is -0.140. The van der Waals surface area contributed by atoms with Gasteiger partial charge in [0.05, 0.1) is 7.11 Å². The molecule has 0 heterocycles. The highest BCUT2D eigenvalue weighted by Crippen LogP contribution is 1.97. The Kier molecular flexibility index (Phi) is 9.46. The van der Waals surface area contributed by atoms with Crippen molar-refractivity contribution in [2.24, 2.45) is 10.7 Å². The molecule has 0 aliphatic heterocycles. The van der Waals surface area contributed by atoms with Crippen molar-refractivity contribution in [1.29, 1.82) is 0 Å². The number of nitrogens with two attached hydrogens (primary N) is 1. The molecule has 0 atom stereocenters. The minimum atomic E-state index is -0.168. The van der Waals surface area contributed by atoms with Crippen LogP contribution < -0.4 is 11.1 Å². The molecule has 0 aromatic carbocycles. The van der Waals surface area contributed by atoms with Crippen LogP contribution in [-0.2, 0) is 9.53 Å². The maximum atomic E-state index is 10.8. The minimum Gasteiger partial charge on any atom is -0.469 e. The van der Waals surface area contributed by atoms with Crippen molar-refractivity contribution in [2.75, 3.05) is 20.2 Å². The first-order chi connectivity index (χ1) is 7.70. The van der Waals surface area contributed by atoms with Gasteiger partial charge in [-0.05, 0) is 19.3 Å². The van der Waals surface area contributed by atoms with E-state index in [1.54, 1.807) is 0 Å². The largest absolute Gasteiger partial charge is 0.469 e. The van der Waals surface area contributed by atoms with E-state index < -0.39 is 0 Å². The average Bonchev–Trinajstić information content (AvgIpc) is 2.28. The van der Waals surface area contributed by atoms with E-state index in [-0.39, 0.29) is 5.97 Å². The predicted octanol–water partition coefficient (Wildman–Crippen LogP) is 1.03. The highest BCUT2D eigenvalue weighted by Gasteiger charge is 1.98. The molecule has 0 saturated heterocycles. The number of carbonyl (C=O) groups is 1. The summed E-state index contributed by atoms with van der Waals surface area (Å²) in [4.78, 5) is 14.9. The van der Waals surface area contributed by atoms with Crippen molar-refractivity contribution in [3.63, 3.8) is 0 Å². The lowest BCUT2D eigenvalue weighted by atomic mass is 10.2. The van der Waals surface area contributed by atoms with Gasteiger partial charge in [0, 0.05) is 19.5 Å². The second-order valence-electron chi connectivity index (χ2n) is 3.58. The molecule has 94 valence electrons. The van der Waals surface area contributed by atoms with Crippen molar-refractivity contribution in [3.8, 4) is 0 Å². The molecular formula is C11H23N3O2. The summed E-state index contributed by atoms with van der Waals surface area (Å²) in [6, 6.07) is 0. The van der Waals surface area contributed by atoms with Crippen molar-refractivity contribution in [1.82, 2.24) is 5.32 Å². The lowest BCUT2D eigenvalue weighted by Crippen LogP contribution is -2.32. The van der Waals surface area contributed by atoms with Crippen molar-refractivity contribution >= 4 is 11.9 Å². The van der Waals surface area contributed by atoms with Gasteiger partial charge in [-0.15, -0.1) is 0 Å². The Morgan fingerprint density at radius 2 is 2.12 bits per heavy atom. The Morgan fingerprint density at radius 3 is 2.75 bits per heavy atom. The number of rotatable bonds is 8. The average molecular weight is 229 g/mol. The molecule has 0 aromatic heterocycles. The van der Waals surface area contributed by atoms with Gasteiger partial charge in [0.2, 0.25) is 0 Å². The van der Waals surface area contributed by atoms with Crippen LogP contribution in [0.3, 0.4) is 0 Å². The number of aliphatic imine (C=N–C) groups is 1. The zero-order valence-electron chi connectivity index (χ0n) is 10.3. The fourth-order valence-electron chi connectivity index (χ4n) is 1.13. The van der Waals surface area contributed by atoms with Crippen LogP contribution in [0.5, 0.6) is 0 Å². The van der Waals surface area contributed by atoms with E-state index in [2.05, 4.69) is 22.0 Å². The smallest absolute Gasteiger partial charge is 0.305 e. The van der Waals surface area contributed by atoms with Crippen LogP contribution in [0, 0.1) is 0 Å². The first-order valence-electron chi connectivity index (χ1n) is 5.81. The molecule has 0 aromatic rings. The Morgan fingerprint density at radius 1 is 1.38 bits per heavy atom. The number of hydrogen-bond acceptors (Lipinski definition) is 3. The molecule has 0 unspecified atom stereocenters. The molecule has 5 nitrogen and oxygen atoms in total. The summed E-state index contributed by atoms with van der Waals surface area (Å²) in [6.07, 6.45) is 4.33. The molecule has 0 fully saturated rings. The maximum absolute atomic E-state index is 10.8. The van der Waals surface area contributed by atoms with E-state index in [0.717, 1.165) is 32.2 Å². The van der Waals surface area contributed by atoms with Gasteiger partial charge in [-0.2, -0.15) is 0 Å². The van der Waals surface area contributed by atoms with Gasteiger partial charge in [0.1, 0.15) is 0 Å². The summed E-state index contributed by atoms with van der Waals surface area (Å²) in [5.41, 5.74) is 5.63. The number of carbonyl (C=O) groups excluding carboxylic acids is 1. The Balaban J connectivity index is 3.40. The van der Waals surface area contributed by atoms with E-state index >= 15 is 0 Å². The molecule has 0 amide bonds. The molecule has 3 N–H and O–H groups in total. The van der Waals surface area contributed by atoms with E-state index in [1.165, 1.54) is 7.11 Å². The second-order valence-corrected chi connectivity index (χ2v) is 3.58. The summed E-state index contributed by atoms with van der Waals surface area (Å²) in [5.74, 6) is 0.324. The van der Waals surface area contributed by atoms with Crippen molar-refractivity contribution in [2.45, 2.75) is 39.0 Å². The van der Waals surface area contributed by atoms with Crippen LogP contribution in [-0.4, -0.2) is 32.1 Å². The zero-order valence-corrected chi connectivity index (χ0v) is 10.3. The topological polar surface area (TPSA) is 76.7 Å². The SMILES string of the molecule is CCCCNC(N)=NCCCCC(=O)OC. The second kappa shape index (κ2) is 10.3. The Hall–Kier alpha value is -1.26. The summed E-state index contributed by atoms with van der Waals surface area (Å²) in [6.45, 7) is 3.65. The quantitative estimate of drug-likeness (QED) is 0.282. The van der Waals surface area contributed by atoms with Gasteiger partial charge in [-0.3, -0.25) is 9.79 Å². The molecule has 0 aliphatic carbocycles. The fraction of sp³-hybridized carbons (Fsp3) is 0.818. The Bertz CT molecular complexity index is 217. The van der Waals surface area contributed by atoms with Crippen LogP contribution in [0.25, 0.3) is 0 Å². The number of methoxy groups -OCH3 is 1. The van der Waals surface area contributed by atoms with E-state index in [0.29, 0.717) is 18.9 Å². The Labute approximate surface area is 97.4 Å². The first-order valence-corrected chi connectivity index (χ1v) is 5.81. The monoisotopic (exact) mass is 229 g/mol. The van der Waals surface area contributed by atoms with E-state index in [4.69, 9.17) is 5.73 Å². The number of esters is 1. The third-order valence-corrected chi connectivity index (χ3v) is 2.14. The van der Waals surface area contributed by atoms with Crippen LogP contribution in [0.4, 0.5) is 0 Å². The summed E-state index contributed by atoms with van der Waals surface area (Å²) >= 11 is 0. The molecular weight excluding hydrogens is 206 g/mol. The molecule has 0 rings (SSSR count). The van der Waals surface area contributed by atoms with E-state index in [9.17, 15) is 4.79 Å². The molecule has 0 bridgehead atoms. The van der Waals surface area contributed by atoms with Crippen LogP contribution in [0.15, 0.2) is 4.99 Å². The van der Waals surface area contributed by atoms with Gasteiger partial charge in [0.15, 0.2) is 5.96 Å². The molecule has 16 heavy (non-hydrogen) atoms. The predicted molar refractivity (Wildman–Crippen MR) is 65.3 cm³/mol. The molecule has 0 saturated carbocycles. The van der Waals surface area contributed by atoms with Crippen molar-refractivity contribution < 1.29 is 9.53 Å². The van der Waals surface area contributed by atoms with Gasteiger partial charge in [-0.1, -0.05) is 13.3 Å². The standard InChI is InChI=1S/C11H23N3O2/c1-3-4-8-13-11(12)14-9-6-5-7-10(15)16-2/h3-9H2,1-2H3,(H3,12,13,14). The van der Waals surface area contributed by atoms with Crippen molar-refractivity contribution in [3.05, 3.63) is 0 Å². The number of nitrogens with one attached hydrogen (secondary N) is 1. The number of guanidine groups is 1. The third kappa shape index (κ3) is 9.30. The van der Waals surface area contributed by atoms with E-state index in [1.807, 2.05) is 0 Å². The summed E-state index contributed by atoms with van der Waals surface area (Å²) < 4.78 is 4.53. The van der Waals surface area contributed by atoms with Gasteiger partial charge in [-0.25, -0.2) is 0 Å². The van der Waals surface area contributed by atoms with Crippen LogP contribution in [0.2, 0.25) is 0 Å². The summed E-state index contributed by atoms with van der Waals surface area (Å²) in [5, 5.41) is 3.03. The zero-order chi connectivity index (χ0) is 12.2. The highest BCUT2D eigenvalue weighted by atomic mass is 16.5. The molecule has 0 radical (unpaired) electrons. The number of hydrogen-bond donors (Lipinski definition) is 2. The van der Waals surface area contributed by atoms with Crippen LogP contribution in [0.1, 0.15) is 39.0 Å². The molecule has 0 aliphatic rings. The van der Waals surface area contributed by atoms with Gasteiger partial charge in [0.25, 0.3) is 0 Å². The third-order valence-electron chi connectivity index (χ3n) is 2.14. The number of nitrogens with zero attached hydrogens (tertiary/aromatic N) is 1. The summed E-state index contributed by atoms with van der Waals surface area (Å²) in [7, 11) is 1.40.